The van der Waals surface area contributed by atoms with Crippen LogP contribution in [0.25, 0.3) is 0 Å². The number of nitro benzene ring substituents is 1. The molecule has 0 spiro atoms. The minimum absolute atomic E-state index is 0.00989. The molecule has 140 valence electrons. The fourth-order valence-corrected chi connectivity index (χ4v) is 3.21. The monoisotopic (exact) mass is 367 g/mol. The van der Waals surface area contributed by atoms with E-state index in [9.17, 15) is 19.7 Å². The van der Waals surface area contributed by atoms with E-state index >= 15 is 0 Å². The number of likely N-dealkylation sites (tertiary alicyclic amines) is 1. The zero-order valence-corrected chi connectivity index (χ0v) is 15.3. The summed E-state index contributed by atoms with van der Waals surface area (Å²) >= 11 is 0. The Labute approximate surface area is 157 Å². The molecule has 2 aromatic rings. The summed E-state index contributed by atoms with van der Waals surface area (Å²) in [6.07, 6.45) is 1.25. The standard InChI is InChI=1S/C20H21N3O4/c1-14-8-10-16(11-9-14)22(13-21-12-4-7-19(21)24)20(25)17-5-3-6-18(15(17)2)23(26)27/h3,5-6,8-11H,4,7,12-13H2,1-2H3. The summed E-state index contributed by atoms with van der Waals surface area (Å²) in [5.74, 6) is -0.351. The van der Waals surface area contributed by atoms with Crippen molar-refractivity contribution in [3.8, 4) is 0 Å². The Morgan fingerprint density at radius 2 is 1.89 bits per heavy atom. The Kier molecular flexibility index (Phi) is 5.21. The molecule has 0 N–H and O–H groups in total. The van der Waals surface area contributed by atoms with Crippen LogP contribution < -0.4 is 4.90 Å². The number of carbonyl (C=O) groups is 2. The summed E-state index contributed by atoms with van der Waals surface area (Å²) in [6.45, 7) is 4.25. The number of nitro groups is 1. The van der Waals surface area contributed by atoms with Gasteiger partial charge in [-0.05, 0) is 38.5 Å². The number of amides is 2. The average Bonchev–Trinajstić information content (AvgIpc) is 3.05. The lowest BCUT2D eigenvalue weighted by Crippen LogP contribution is -2.42. The van der Waals surface area contributed by atoms with Crippen LogP contribution in [0.2, 0.25) is 0 Å². The van der Waals surface area contributed by atoms with Gasteiger partial charge >= 0.3 is 0 Å². The van der Waals surface area contributed by atoms with Crippen molar-refractivity contribution in [1.29, 1.82) is 0 Å². The number of nitrogens with zero attached hydrogens (tertiary/aromatic N) is 3. The van der Waals surface area contributed by atoms with Gasteiger partial charge in [0.25, 0.3) is 11.6 Å². The molecule has 1 aliphatic heterocycles. The number of hydrogen-bond acceptors (Lipinski definition) is 4. The smallest absolute Gasteiger partial charge is 0.273 e. The fourth-order valence-electron chi connectivity index (χ4n) is 3.21. The van der Waals surface area contributed by atoms with Crippen LogP contribution in [0.3, 0.4) is 0 Å². The number of rotatable bonds is 5. The van der Waals surface area contributed by atoms with E-state index < -0.39 is 4.92 Å². The van der Waals surface area contributed by atoms with Gasteiger partial charge < -0.3 is 4.90 Å². The molecule has 0 saturated carbocycles. The molecule has 0 radical (unpaired) electrons. The first kappa shape index (κ1) is 18.6. The highest BCUT2D eigenvalue weighted by molar-refractivity contribution is 6.07. The number of hydrogen-bond donors (Lipinski definition) is 0. The molecule has 0 aromatic heterocycles. The van der Waals surface area contributed by atoms with Gasteiger partial charge in [0.05, 0.1) is 4.92 Å². The second-order valence-electron chi connectivity index (χ2n) is 6.68. The molecule has 0 bridgehead atoms. The first-order chi connectivity index (χ1) is 12.9. The van der Waals surface area contributed by atoms with E-state index in [-0.39, 0.29) is 29.7 Å². The predicted molar refractivity (Wildman–Crippen MR) is 102 cm³/mol. The third kappa shape index (κ3) is 3.81. The first-order valence-electron chi connectivity index (χ1n) is 8.79. The molecule has 3 rings (SSSR count). The lowest BCUT2D eigenvalue weighted by Gasteiger charge is -2.28. The maximum atomic E-state index is 13.3. The second-order valence-corrected chi connectivity index (χ2v) is 6.68. The van der Waals surface area contributed by atoms with Gasteiger partial charge in [-0.2, -0.15) is 0 Å². The first-order valence-corrected chi connectivity index (χ1v) is 8.79. The van der Waals surface area contributed by atoms with Crippen LogP contribution in [0.1, 0.15) is 34.3 Å². The maximum absolute atomic E-state index is 13.3. The SMILES string of the molecule is Cc1ccc(N(CN2CCCC2=O)C(=O)c2cccc([N+](=O)[O-])c2C)cc1. The number of benzene rings is 2. The zero-order chi connectivity index (χ0) is 19.6. The van der Waals surface area contributed by atoms with Gasteiger partial charge in [-0.1, -0.05) is 23.8 Å². The van der Waals surface area contributed by atoms with Gasteiger partial charge in [-0.15, -0.1) is 0 Å². The topological polar surface area (TPSA) is 83.8 Å². The normalized spacial score (nSPS) is 13.7. The van der Waals surface area contributed by atoms with Gasteiger partial charge in [0.2, 0.25) is 5.91 Å². The maximum Gasteiger partial charge on any atom is 0.273 e. The molecule has 1 saturated heterocycles. The molecule has 7 nitrogen and oxygen atoms in total. The summed E-state index contributed by atoms with van der Waals surface area (Å²) in [7, 11) is 0. The molecule has 0 aliphatic carbocycles. The highest BCUT2D eigenvalue weighted by atomic mass is 16.6. The van der Waals surface area contributed by atoms with Crippen LogP contribution >= 0.6 is 0 Å². The van der Waals surface area contributed by atoms with E-state index in [2.05, 4.69) is 0 Å². The van der Waals surface area contributed by atoms with Crippen LogP contribution in [0, 0.1) is 24.0 Å². The van der Waals surface area contributed by atoms with Crippen molar-refractivity contribution in [3.63, 3.8) is 0 Å². The van der Waals surface area contributed by atoms with E-state index in [0.717, 1.165) is 12.0 Å². The van der Waals surface area contributed by atoms with E-state index in [1.807, 2.05) is 31.2 Å². The van der Waals surface area contributed by atoms with Crippen LogP contribution in [0.15, 0.2) is 42.5 Å². The summed E-state index contributed by atoms with van der Waals surface area (Å²) in [5, 5.41) is 11.2. The molecular formula is C20H21N3O4. The van der Waals surface area contributed by atoms with Crippen LogP contribution in [0.4, 0.5) is 11.4 Å². The lowest BCUT2D eigenvalue weighted by molar-refractivity contribution is -0.385. The van der Waals surface area contributed by atoms with Gasteiger partial charge in [0.1, 0.15) is 6.67 Å². The van der Waals surface area contributed by atoms with Crippen LogP contribution in [-0.4, -0.2) is 34.9 Å². The van der Waals surface area contributed by atoms with Crippen molar-refractivity contribution < 1.29 is 14.5 Å². The average molecular weight is 367 g/mol. The van der Waals surface area contributed by atoms with Crippen LogP contribution in [-0.2, 0) is 4.79 Å². The largest absolute Gasteiger partial charge is 0.324 e. The molecule has 1 aliphatic rings. The second kappa shape index (κ2) is 7.57. The summed E-state index contributed by atoms with van der Waals surface area (Å²) in [4.78, 5) is 39.2. The van der Waals surface area contributed by atoms with Gasteiger partial charge in [-0.3, -0.25) is 24.6 Å². The summed E-state index contributed by atoms with van der Waals surface area (Å²) < 4.78 is 0. The number of anilines is 1. The van der Waals surface area contributed by atoms with E-state index in [1.54, 1.807) is 17.9 Å². The number of carbonyl (C=O) groups excluding carboxylic acids is 2. The highest BCUT2D eigenvalue weighted by Gasteiger charge is 2.28. The zero-order valence-electron chi connectivity index (χ0n) is 15.3. The minimum atomic E-state index is -0.494. The quantitative estimate of drug-likeness (QED) is 0.599. The van der Waals surface area contributed by atoms with Crippen molar-refractivity contribution in [2.45, 2.75) is 26.7 Å². The van der Waals surface area contributed by atoms with Crippen molar-refractivity contribution >= 4 is 23.2 Å². The molecule has 0 unspecified atom stereocenters. The van der Waals surface area contributed by atoms with Crippen molar-refractivity contribution in [2.75, 3.05) is 18.1 Å². The molecule has 27 heavy (non-hydrogen) atoms. The highest BCUT2D eigenvalue weighted by Crippen LogP contribution is 2.26. The van der Waals surface area contributed by atoms with Gasteiger partial charge in [0.15, 0.2) is 0 Å². The van der Waals surface area contributed by atoms with Crippen molar-refractivity contribution in [1.82, 2.24) is 4.90 Å². The Morgan fingerprint density at radius 1 is 1.19 bits per heavy atom. The van der Waals surface area contributed by atoms with Crippen molar-refractivity contribution in [3.05, 3.63) is 69.3 Å². The summed E-state index contributed by atoms with van der Waals surface area (Å²) in [6, 6.07) is 11.9. The third-order valence-corrected chi connectivity index (χ3v) is 4.81. The minimum Gasteiger partial charge on any atom is -0.324 e. The molecule has 0 atom stereocenters. The van der Waals surface area contributed by atoms with Crippen LogP contribution in [0.5, 0.6) is 0 Å². The molecule has 1 heterocycles. The Morgan fingerprint density at radius 3 is 2.48 bits per heavy atom. The molecule has 2 aromatic carbocycles. The fraction of sp³-hybridized carbons (Fsp3) is 0.300. The Bertz CT molecular complexity index is 893. The third-order valence-electron chi connectivity index (χ3n) is 4.81. The molecule has 1 fully saturated rings. The van der Waals surface area contributed by atoms with Crippen molar-refractivity contribution in [2.24, 2.45) is 0 Å². The number of aryl methyl sites for hydroxylation is 1. The van der Waals surface area contributed by atoms with E-state index in [4.69, 9.17) is 0 Å². The molecular weight excluding hydrogens is 346 g/mol. The van der Waals surface area contributed by atoms with E-state index in [0.29, 0.717) is 24.2 Å². The molecule has 2 amide bonds. The Balaban J connectivity index is 2.00. The summed E-state index contributed by atoms with van der Waals surface area (Å²) in [5.41, 5.74) is 2.18. The van der Waals surface area contributed by atoms with Gasteiger partial charge in [-0.25, -0.2) is 0 Å². The predicted octanol–water partition coefficient (Wildman–Crippen LogP) is 3.44. The van der Waals surface area contributed by atoms with E-state index in [1.165, 1.54) is 17.0 Å². The molecule has 7 heteroatoms. The van der Waals surface area contributed by atoms with Gasteiger partial charge in [0, 0.05) is 35.8 Å². The Hall–Kier alpha value is -3.22. The lowest BCUT2D eigenvalue weighted by atomic mass is 10.1.